The van der Waals surface area contributed by atoms with Gasteiger partial charge in [0.1, 0.15) is 11.5 Å². The number of benzene rings is 1. The molecular weight excluding hydrogens is 396 g/mol. The summed E-state index contributed by atoms with van der Waals surface area (Å²) in [4.78, 5) is 19.5. The lowest BCUT2D eigenvalue weighted by Crippen LogP contribution is -2.35. The van der Waals surface area contributed by atoms with Crippen molar-refractivity contribution in [2.45, 2.75) is 31.7 Å². The van der Waals surface area contributed by atoms with Crippen LogP contribution in [-0.2, 0) is 17.7 Å². The van der Waals surface area contributed by atoms with Gasteiger partial charge in [-0.15, -0.1) is 0 Å². The van der Waals surface area contributed by atoms with Crippen molar-refractivity contribution in [3.63, 3.8) is 0 Å². The molecule has 0 unspecified atom stereocenters. The highest BCUT2D eigenvalue weighted by Gasteiger charge is 2.30. The van der Waals surface area contributed by atoms with Crippen LogP contribution in [0.2, 0.25) is 5.02 Å². The summed E-state index contributed by atoms with van der Waals surface area (Å²) in [6, 6.07) is 5.13. The first-order chi connectivity index (χ1) is 14.1. The fraction of sp³-hybridized carbons (Fsp3) is 0.429. The number of fused-ring (bicyclic) bond motifs is 2. The van der Waals surface area contributed by atoms with Gasteiger partial charge < -0.3 is 23.2 Å². The van der Waals surface area contributed by atoms with Crippen LogP contribution in [0.5, 0.6) is 5.75 Å². The Morgan fingerprint density at radius 3 is 2.86 bits per heavy atom. The third-order valence-electron chi connectivity index (χ3n) is 5.58. The summed E-state index contributed by atoms with van der Waals surface area (Å²) in [7, 11) is 1.54. The molecule has 0 spiro atoms. The van der Waals surface area contributed by atoms with E-state index in [1.54, 1.807) is 30.2 Å². The van der Waals surface area contributed by atoms with E-state index < -0.39 is 0 Å². The van der Waals surface area contributed by atoms with Gasteiger partial charge in [-0.1, -0.05) is 11.6 Å². The van der Waals surface area contributed by atoms with Gasteiger partial charge >= 0.3 is 0 Å². The second-order valence-corrected chi connectivity index (χ2v) is 7.86. The fourth-order valence-electron chi connectivity index (χ4n) is 4.01. The number of amides is 1. The van der Waals surface area contributed by atoms with Crippen molar-refractivity contribution in [1.29, 1.82) is 0 Å². The van der Waals surface area contributed by atoms with Crippen LogP contribution in [0, 0.1) is 0 Å². The predicted molar refractivity (Wildman–Crippen MR) is 106 cm³/mol. The smallest absolute Gasteiger partial charge is 0.289 e. The topological polar surface area (TPSA) is 77.9 Å². The molecule has 5 rings (SSSR count). The summed E-state index contributed by atoms with van der Waals surface area (Å²) in [6.07, 6.45) is 2.49. The number of rotatable bonds is 3. The van der Waals surface area contributed by atoms with E-state index in [9.17, 15) is 4.79 Å². The highest BCUT2D eigenvalue weighted by atomic mass is 35.5. The molecule has 1 saturated heterocycles. The molecule has 1 amide bonds. The van der Waals surface area contributed by atoms with Crippen molar-refractivity contribution in [3.05, 3.63) is 46.3 Å². The van der Waals surface area contributed by atoms with Gasteiger partial charge in [0.25, 0.3) is 5.91 Å². The lowest BCUT2D eigenvalue weighted by Gasteiger charge is -2.24. The molecule has 7 nitrogen and oxygen atoms in total. The number of halogens is 1. The molecule has 1 fully saturated rings. The molecule has 0 bridgehead atoms. The van der Waals surface area contributed by atoms with E-state index in [0.29, 0.717) is 41.8 Å². The zero-order valence-electron chi connectivity index (χ0n) is 16.1. The van der Waals surface area contributed by atoms with Gasteiger partial charge in [0.15, 0.2) is 23.0 Å². The van der Waals surface area contributed by atoms with Crippen LogP contribution in [0.15, 0.2) is 27.0 Å². The summed E-state index contributed by atoms with van der Waals surface area (Å²) >= 11 is 6.12. The highest BCUT2D eigenvalue weighted by molar-refractivity contribution is 6.31. The van der Waals surface area contributed by atoms with E-state index in [-0.39, 0.29) is 11.7 Å². The number of methoxy groups -OCH3 is 1. The number of aromatic nitrogens is 1. The first-order valence-corrected chi connectivity index (χ1v) is 10.1. The predicted octanol–water partition coefficient (Wildman–Crippen LogP) is 4.18. The van der Waals surface area contributed by atoms with E-state index in [1.807, 2.05) is 0 Å². The van der Waals surface area contributed by atoms with Crippen LogP contribution < -0.4 is 4.74 Å². The average molecular weight is 417 g/mol. The summed E-state index contributed by atoms with van der Waals surface area (Å²) in [5.41, 5.74) is 1.35. The number of nitrogens with zero attached hydrogens (tertiary/aromatic N) is 2. The molecule has 2 aliphatic rings. The number of carbonyl (C=O) groups is 1. The summed E-state index contributed by atoms with van der Waals surface area (Å²) in [6.45, 7) is 2.45. The fourth-order valence-corrected chi connectivity index (χ4v) is 4.23. The van der Waals surface area contributed by atoms with Crippen LogP contribution in [0.25, 0.3) is 11.0 Å². The monoisotopic (exact) mass is 416 g/mol. The van der Waals surface area contributed by atoms with Gasteiger partial charge in [-0.2, -0.15) is 0 Å². The maximum Gasteiger partial charge on any atom is 0.289 e. The molecule has 4 heterocycles. The molecular formula is C21H21ClN2O5. The molecule has 8 heteroatoms. The van der Waals surface area contributed by atoms with Crippen LogP contribution in [0.4, 0.5) is 0 Å². The molecule has 0 radical (unpaired) electrons. The minimum absolute atomic E-state index is 0.180. The summed E-state index contributed by atoms with van der Waals surface area (Å²) in [5, 5.41) is 1.26. The third kappa shape index (κ3) is 3.38. The van der Waals surface area contributed by atoms with Gasteiger partial charge in [-0.25, -0.2) is 4.98 Å². The van der Waals surface area contributed by atoms with E-state index in [1.165, 1.54) is 0 Å². The number of oxazole rings is 1. The van der Waals surface area contributed by atoms with Crippen molar-refractivity contribution < 1.29 is 23.1 Å². The number of furan rings is 1. The Kier molecular flexibility index (Phi) is 4.72. The lowest BCUT2D eigenvalue weighted by molar-refractivity contribution is 0.0696. The van der Waals surface area contributed by atoms with Crippen LogP contribution in [0.3, 0.4) is 0 Å². The van der Waals surface area contributed by atoms with Crippen LogP contribution >= 0.6 is 11.6 Å². The van der Waals surface area contributed by atoms with Crippen molar-refractivity contribution in [3.8, 4) is 5.75 Å². The van der Waals surface area contributed by atoms with Gasteiger partial charge in [0.2, 0.25) is 0 Å². The van der Waals surface area contributed by atoms with E-state index >= 15 is 0 Å². The maximum atomic E-state index is 13.1. The van der Waals surface area contributed by atoms with Crippen LogP contribution in [0.1, 0.15) is 46.7 Å². The Morgan fingerprint density at radius 2 is 2.07 bits per heavy atom. The Morgan fingerprint density at radius 1 is 1.24 bits per heavy atom. The van der Waals surface area contributed by atoms with Gasteiger partial charge in [-0.05, 0) is 25.0 Å². The second-order valence-electron chi connectivity index (χ2n) is 7.42. The average Bonchev–Trinajstić information content (AvgIpc) is 3.36. The second kappa shape index (κ2) is 7.39. The quantitative estimate of drug-likeness (QED) is 0.637. The molecule has 29 heavy (non-hydrogen) atoms. The largest absolute Gasteiger partial charge is 0.493 e. The minimum atomic E-state index is -0.180. The highest BCUT2D eigenvalue weighted by Crippen LogP contribution is 2.34. The van der Waals surface area contributed by atoms with Crippen molar-refractivity contribution in [1.82, 2.24) is 9.88 Å². The molecule has 152 valence electrons. The lowest BCUT2D eigenvalue weighted by atomic mass is 10.0. The van der Waals surface area contributed by atoms with E-state index in [2.05, 4.69) is 0 Å². The molecule has 0 N–H and O–H groups in total. The maximum absolute atomic E-state index is 13.1. The Hall–Kier alpha value is -2.51. The van der Waals surface area contributed by atoms with Crippen molar-refractivity contribution >= 4 is 28.5 Å². The molecule has 0 aliphatic carbocycles. The zero-order valence-corrected chi connectivity index (χ0v) is 16.8. The molecule has 2 aromatic heterocycles. The first-order valence-electron chi connectivity index (χ1n) is 9.75. The standard InChI is InChI=1S/C21H21ClN2O5/c1-26-17-10-14(22)8-13-9-18(28-19(13)17)21(25)24-5-2-16-15(11-24)23-20(29-16)12-3-6-27-7-4-12/h8-10,12H,2-7,11H2,1H3. The Bertz CT molecular complexity index is 1070. The van der Waals surface area contributed by atoms with Gasteiger partial charge in [0, 0.05) is 48.6 Å². The minimum Gasteiger partial charge on any atom is -0.493 e. The van der Waals surface area contributed by atoms with E-state index in [0.717, 1.165) is 48.8 Å². The van der Waals surface area contributed by atoms with E-state index in [4.69, 9.17) is 34.9 Å². The van der Waals surface area contributed by atoms with Gasteiger partial charge in [-0.3, -0.25) is 4.79 Å². The van der Waals surface area contributed by atoms with Crippen LogP contribution in [-0.4, -0.2) is 42.7 Å². The Labute approximate surface area is 172 Å². The van der Waals surface area contributed by atoms with Crippen molar-refractivity contribution in [2.24, 2.45) is 0 Å². The molecule has 2 aliphatic heterocycles. The van der Waals surface area contributed by atoms with Gasteiger partial charge in [0.05, 0.1) is 13.7 Å². The number of carbonyl (C=O) groups excluding carboxylic acids is 1. The zero-order chi connectivity index (χ0) is 20.0. The summed E-state index contributed by atoms with van der Waals surface area (Å²) in [5.74, 6) is 2.54. The third-order valence-corrected chi connectivity index (χ3v) is 5.80. The SMILES string of the molecule is COc1cc(Cl)cc2cc(C(=O)N3CCc4oc(C5CCOCC5)nc4C3)oc12. The number of hydrogen-bond donors (Lipinski definition) is 0. The first kappa shape index (κ1) is 18.5. The number of hydrogen-bond acceptors (Lipinski definition) is 6. The number of ether oxygens (including phenoxy) is 2. The normalized spacial score (nSPS) is 17.5. The molecule has 1 aromatic carbocycles. The van der Waals surface area contributed by atoms with Crippen molar-refractivity contribution in [2.75, 3.05) is 26.9 Å². The molecule has 3 aromatic rings. The molecule has 0 saturated carbocycles. The Balaban J connectivity index is 1.38. The molecule has 0 atom stereocenters. The summed E-state index contributed by atoms with van der Waals surface area (Å²) < 4.78 is 22.6.